The van der Waals surface area contributed by atoms with Crippen molar-refractivity contribution in [3.8, 4) is 0 Å². The zero-order valence-corrected chi connectivity index (χ0v) is 14.6. The molecule has 0 bridgehead atoms. The van der Waals surface area contributed by atoms with Gasteiger partial charge in [0.05, 0.1) is 6.54 Å². The standard InChI is InChI=1S/C17H29N3O3/c1-4-6-8-10-18-17(22)15-13-23-16(19-15)12-20(14(3)21)11-9-7-5-2/h13H,4-12H2,1-3H3,(H,18,22). The molecule has 0 unspecified atom stereocenters. The van der Waals surface area contributed by atoms with Gasteiger partial charge in [-0.1, -0.05) is 39.5 Å². The van der Waals surface area contributed by atoms with Gasteiger partial charge in [0.1, 0.15) is 6.26 Å². The summed E-state index contributed by atoms with van der Waals surface area (Å²) >= 11 is 0. The van der Waals surface area contributed by atoms with E-state index >= 15 is 0 Å². The van der Waals surface area contributed by atoms with Crippen LogP contribution in [0.25, 0.3) is 0 Å². The van der Waals surface area contributed by atoms with E-state index in [4.69, 9.17) is 4.42 Å². The summed E-state index contributed by atoms with van der Waals surface area (Å²) in [7, 11) is 0. The van der Waals surface area contributed by atoms with Crippen LogP contribution in [0, 0.1) is 0 Å². The van der Waals surface area contributed by atoms with E-state index < -0.39 is 0 Å². The molecule has 0 saturated carbocycles. The van der Waals surface area contributed by atoms with Gasteiger partial charge in [0.25, 0.3) is 5.91 Å². The van der Waals surface area contributed by atoms with Gasteiger partial charge in [-0.05, 0) is 12.8 Å². The minimum Gasteiger partial charge on any atom is -0.446 e. The van der Waals surface area contributed by atoms with Crippen LogP contribution >= 0.6 is 0 Å². The van der Waals surface area contributed by atoms with E-state index in [1.807, 2.05) is 0 Å². The summed E-state index contributed by atoms with van der Waals surface area (Å²) in [6.45, 7) is 7.42. The molecule has 1 N–H and O–H groups in total. The first kappa shape index (κ1) is 19.2. The van der Waals surface area contributed by atoms with Gasteiger partial charge in [-0.25, -0.2) is 4.98 Å². The molecular formula is C17H29N3O3. The largest absolute Gasteiger partial charge is 0.446 e. The predicted molar refractivity (Wildman–Crippen MR) is 89.0 cm³/mol. The zero-order valence-electron chi connectivity index (χ0n) is 14.6. The van der Waals surface area contributed by atoms with Crippen LogP contribution in [0.15, 0.2) is 10.7 Å². The molecule has 0 atom stereocenters. The lowest BCUT2D eigenvalue weighted by atomic mass is 10.2. The summed E-state index contributed by atoms with van der Waals surface area (Å²) in [4.78, 5) is 29.5. The molecule has 0 radical (unpaired) electrons. The van der Waals surface area contributed by atoms with Crippen molar-refractivity contribution in [2.24, 2.45) is 0 Å². The summed E-state index contributed by atoms with van der Waals surface area (Å²) in [5.74, 6) is 0.164. The van der Waals surface area contributed by atoms with E-state index in [1.165, 1.54) is 13.2 Å². The zero-order chi connectivity index (χ0) is 17.1. The number of oxazole rings is 1. The molecule has 0 saturated heterocycles. The number of unbranched alkanes of at least 4 members (excludes halogenated alkanes) is 4. The summed E-state index contributed by atoms with van der Waals surface area (Å²) < 4.78 is 5.33. The number of nitrogens with one attached hydrogen (secondary N) is 1. The fraction of sp³-hybridized carbons (Fsp3) is 0.706. The third-order valence-electron chi connectivity index (χ3n) is 3.65. The first-order valence-corrected chi connectivity index (χ1v) is 8.56. The van der Waals surface area contributed by atoms with Crippen molar-refractivity contribution in [1.29, 1.82) is 0 Å². The van der Waals surface area contributed by atoms with Gasteiger partial charge in [0.2, 0.25) is 11.8 Å². The van der Waals surface area contributed by atoms with Crippen LogP contribution in [0.3, 0.4) is 0 Å². The van der Waals surface area contributed by atoms with Crippen LogP contribution in [0.4, 0.5) is 0 Å². The van der Waals surface area contributed by atoms with Gasteiger partial charge in [-0.2, -0.15) is 0 Å². The van der Waals surface area contributed by atoms with Crippen LogP contribution in [0.5, 0.6) is 0 Å². The highest BCUT2D eigenvalue weighted by atomic mass is 16.3. The van der Waals surface area contributed by atoms with E-state index in [2.05, 4.69) is 24.1 Å². The molecule has 130 valence electrons. The Morgan fingerprint density at radius 1 is 1.17 bits per heavy atom. The number of hydrogen-bond donors (Lipinski definition) is 1. The van der Waals surface area contributed by atoms with Crippen LogP contribution in [0.1, 0.15) is 75.7 Å². The van der Waals surface area contributed by atoms with Gasteiger partial charge < -0.3 is 14.6 Å². The molecule has 1 aromatic rings. The minimum atomic E-state index is -0.225. The van der Waals surface area contributed by atoms with E-state index in [-0.39, 0.29) is 17.5 Å². The van der Waals surface area contributed by atoms with Crippen molar-refractivity contribution in [1.82, 2.24) is 15.2 Å². The fourth-order valence-electron chi connectivity index (χ4n) is 2.22. The number of hydrogen-bond acceptors (Lipinski definition) is 4. The average Bonchev–Trinajstić information content (AvgIpc) is 2.99. The monoisotopic (exact) mass is 323 g/mol. The average molecular weight is 323 g/mol. The molecule has 6 heteroatoms. The lowest BCUT2D eigenvalue weighted by molar-refractivity contribution is -0.129. The highest BCUT2D eigenvalue weighted by Gasteiger charge is 2.16. The van der Waals surface area contributed by atoms with Gasteiger partial charge >= 0.3 is 0 Å². The maximum atomic E-state index is 11.9. The topological polar surface area (TPSA) is 75.4 Å². The Bertz CT molecular complexity index is 485. The lowest BCUT2D eigenvalue weighted by Gasteiger charge is -2.18. The van der Waals surface area contributed by atoms with Crippen molar-refractivity contribution < 1.29 is 14.0 Å². The third-order valence-corrected chi connectivity index (χ3v) is 3.65. The fourth-order valence-corrected chi connectivity index (χ4v) is 2.22. The van der Waals surface area contributed by atoms with Crippen LogP contribution < -0.4 is 5.32 Å². The summed E-state index contributed by atoms with van der Waals surface area (Å²) in [6, 6.07) is 0. The first-order valence-electron chi connectivity index (χ1n) is 8.56. The van der Waals surface area contributed by atoms with Gasteiger partial charge in [-0.3, -0.25) is 9.59 Å². The Kier molecular flexibility index (Phi) is 9.02. The molecule has 0 fully saturated rings. The van der Waals surface area contributed by atoms with E-state index in [0.29, 0.717) is 25.5 Å². The Morgan fingerprint density at radius 2 is 1.87 bits per heavy atom. The van der Waals surface area contributed by atoms with Crippen molar-refractivity contribution in [2.45, 2.75) is 65.8 Å². The third kappa shape index (κ3) is 7.30. The Hall–Kier alpha value is -1.85. The lowest BCUT2D eigenvalue weighted by Crippen LogP contribution is -2.29. The second-order valence-corrected chi connectivity index (χ2v) is 5.74. The number of amides is 2. The van der Waals surface area contributed by atoms with Crippen LogP contribution in [-0.4, -0.2) is 34.8 Å². The molecule has 0 aliphatic carbocycles. The van der Waals surface area contributed by atoms with Crippen molar-refractivity contribution in [2.75, 3.05) is 13.1 Å². The van der Waals surface area contributed by atoms with Gasteiger partial charge in [-0.15, -0.1) is 0 Å². The minimum absolute atomic E-state index is 0.00938. The van der Waals surface area contributed by atoms with E-state index in [0.717, 1.165) is 38.5 Å². The summed E-state index contributed by atoms with van der Waals surface area (Å²) in [6.07, 6.45) is 7.67. The normalized spacial score (nSPS) is 10.6. The maximum absolute atomic E-state index is 11.9. The molecule has 2 amide bonds. The van der Waals surface area contributed by atoms with Crippen molar-refractivity contribution in [3.05, 3.63) is 17.8 Å². The molecule has 0 aromatic carbocycles. The molecule has 1 heterocycles. The number of nitrogens with zero attached hydrogens (tertiary/aromatic N) is 2. The molecule has 6 nitrogen and oxygen atoms in total. The van der Waals surface area contributed by atoms with E-state index in [1.54, 1.807) is 4.90 Å². The Morgan fingerprint density at radius 3 is 2.52 bits per heavy atom. The number of rotatable bonds is 11. The van der Waals surface area contributed by atoms with E-state index in [9.17, 15) is 9.59 Å². The second kappa shape index (κ2) is 10.8. The molecule has 1 rings (SSSR count). The molecule has 0 aliphatic rings. The van der Waals surface area contributed by atoms with Crippen molar-refractivity contribution >= 4 is 11.8 Å². The highest BCUT2D eigenvalue weighted by molar-refractivity contribution is 5.91. The first-order chi connectivity index (χ1) is 11.1. The highest BCUT2D eigenvalue weighted by Crippen LogP contribution is 2.08. The molecule has 0 aliphatic heterocycles. The number of carbonyl (C=O) groups is 2. The second-order valence-electron chi connectivity index (χ2n) is 5.74. The van der Waals surface area contributed by atoms with Gasteiger partial charge in [0, 0.05) is 20.0 Å². The van der Waals surface area contributed by atoms with Crippen LogP contribution in [0.2, 0.25) is 0 Å². The van der Waals surface area contributed by atoms with Crippen molar-refractivity contribution in [3.63, 3.8) is 0 Å². The summed E-state index contributed by atoms with van der Waals surface area (Å²) in [5, 5.41) is 2.82. The molecular weight excluding hydrogens is 294 g/mol. The van der Waals surface area contributed by atoms with Crippen LogP contribution in [-0.2, 0) is 11.3 Å². The quantitative estimate of drug-likeness (QED) is 0.635. The molecule has 1 aromatic heterocycles. The molecule has 23 heavy (non-hydrogen) atoms. The SMILES string of the molecule is CCCCCNC(=O)c1coc(CN(CCCCC)C(C)=O)n1. The molecule has 0 spiro atoms. The Balaban J connectivity index is 2.49. The smallest absolute Gasteiger partial charge is 0.273 e. The maximum Gasteiger partial charge on any atom is 0.273 e. The Labute approximate surface area is 138 Å². The predicted octanol–water partition coefficient (Wildman–Crippen LogP) is 3.13. The number of carbonyl (C=O) groups excluding carboxylic acids is 2. The van der Waals surface area contributed by atoms with Gasteiger partial charge in [0.15, 0.2) is 5.69 Å². The number of aromatic nitrogens is 1. The summed E-state index contributed by atoms with van der Waals surface area (Å²) in [5.41, 5.74) is 0.272.